The minimum atomic E-state index is -0.215. The van der Waals surface area contributed by atoms with Crippen LogP contribution in [-0.4, -0.2) is 0 Å². The van der Waals surface area contributed by atoms with E-state index in [0.717, 1.165) is 44.5 Å². The van der Waals surface area contributed by atoms with Crippen molar-refractivity contribution in [2.45, 2.75) is 0 Å². The van der Waals surface area contributed by atoms with Crippen molar-refractivity contribution in [1.29, 1.82) is 0 Å². The molecular weight excluding hydrogens is 639 g/mol. The maximum atomic E-state index is 14.7. The van der Waals surface area contributed by atoms with E-state index in [-0.39, 0.29) is 11.6 Å². The van der Waals surface area contributed by atoms with Gasteiger partial charge in [-0.2, -0.15) is 0 Å². The summed E-state index contributed by atoms with van der Waals surface area (Å²) in [5.41, 5.74) is 13.4. The zero-order chi connectivity index (χ0) is 34.0. The third-order valence-corrected chi connectivity index (χ3v) is 12.1. The topological polar surface area (TPSA) is 0 Å². The Bertz CT molecular complexity index is 3110. The van der Waals surface area contributed by atoms with Gasteiger partial charge in [-0.05, 0) is 156 Å². The number of rotatable bonds is 2. The standard InChI is InChI=1S/C50H24F2/c51-27-12-14-30-32-16-20-36-46-37(21-17-33(44(32)46)39(30)23-27)49-41(25-7-3-1-4-8-25)47-35-19-15-31-29-13-11-28(52)24-40(29)34-18-22-38(45(35)43(31)34)50(47)42(48(36)49)26-9-5-2-6-10-26/h1-24H. The summed E-state index contributed by atoms with van der Waals surface area (Å²) < 4.78 is 29.4. The number of hydrogen-bond acceptors (Lipinski definition) is 0. The largest absolute Gasteiger partial charge is 0.207 e. The molecule has 0 aliphatic heterocycles. The smallest absolute Gasteiger partial charge is 0.123 e. The highest BCUT2D eigenvalue weighted by atomic mass is 19.1. The van der Waals surface area contributed by atoms with Crippen molar-refractivity contribution in [3.05, 3.63) is 157 Å². The lowest BCUT2D eigenvalue weighted by atomic mass is 9.87. The highest BCUT2D eigenvalue weighted by Gasteiger charge is 2.32. The summed E-state index contributed by atoms with van der Waals surface area (Å²) in [4.78, 5) is 0. The van der Waals surface area contributed by atoms with Crippen molar-refractivity contribution in [2.75, 3.05) is 0 Å². The van der Waals surface area contributed by atoms with Crippen LogP contribution in [0.2, 0.25) is 0 Å². The van der Waals surface area contributed by atoms with Gasteiger partial charge in [0.15, 0.2) is 0 Å². The van der Waals surface area contributed by atoms with Gasteiger partial charge in [0.05, 0.1) is 0 Å². The van der Waals surface area contributed by atoms with Gasteiger partial charge in [0.25, 0.3) is 0 Å². The number of benzene rings is 9. The Morgan fingerprint density at radius 1 is 0.250 bits per heavy atom. The molecule has 0 spiro atoms. The van der Waals surface area contributed by atoms with E-state index >= 15 is 0 Å². The molecule has 0 saturated carbocycles. The molecule has 238 valence electrons. The molecule has 0 bridgehead atoms. The summed E-state index contributed by atoms with van der Waals surface area (Å²) >= 11 is 0. The van der Waals surface area contributed by atoms with Crippen LogP contribution in [0, 0.1) is 11.6 Å². The van der Waals surface area contributed by atoms with Crippen LogP contribution in [0.4, 0.5) is 8.78 Å². The second-order valence-corrected chi connectivity index (χ2v) is 14.5. The summed E-state index contributed by atoms with van der Waals surface area (Å²) in [5.74, 6) is -0.430. The normalized spacial score (nSPS) is 12.8. The molecule has 0 unspecified atom stereocenters. The third-order valence-electron chi connectivity index (χ3n) is 12.1. The number of fused-ring (bicyclic) bond motifs is 12. The Balaban J connectivity index is 1.32. The van der Waals surface area contributed by atoms with Crippen molar-refractivity contribution in [2.24, 2.45) is 0 Å². The molecule has 0 nitrogen and oxygen atoms in total. The quantitative estimate of drug-likeness (QED) is 0.173. The summed E-state index contributed by atoms with van der Waals surface area (Å²) in [7, 11) is 0. The fraction of sp³-hybridized carbons (Fsp3) is 0. The van der Waals surface area contributed by atoms with E-state index in [2.05, 4.69) is 109 Å². The van der Waals surface area contributed by atoms with Crippen molar-refractivity contribution >= 4 is 64.6 Å². The van der Waals surface area contributed by atoms with Gasteiger partial charge in [-0.1, -0.05) is 121 Å². The summed E-state index contributed by atoms with van der Waals surface area (Å²) in [6.07, 6.45) is 0. The summed E-state index contributed by atoms with van der Waals surface area (Å²) in [5, 5.41) is 14.7. The molecule has 0 amide bonds. The molecule has 0 fully saturated rings. The van der Waals surface area contributed by atoms with Crippen LogP contribution >= 0.6 is 0 Å². The molecule has 0 saturated heterocycles. The van der Waals surface area contributed by atoms with E-state index in [9.17, 15) is 8.78 Å². The second-order valence-electron chi connectivity index (χ2n) is 14.5. The van der Waals surface area contributed by atoms with Gasteiger partial charge in [0.1, 0.15) is 11.6 Å². The Labute approximate surface area is 296 Å². The van der Waals surface area contributed by atoms with E-state index in [4.69, 9.17) is 0 Å². The SMILES string of the molecule is Fc1ccc2c(c1)-c1ccc3c4c(-c5ccccc5)c5c6ccc7c8c(ccc(c5c(-c5ccccc5)c4c4ccc-2c1c43)c86)-c1cc(F)ccc1-7. The molecule has 11 aromatic carbocycles. The van der Waals surface area contributed by atoms with Crippen LogP contribution in [0.3, 0.4) is 0 Å². The lowest BCUT2D eigenvalue weighted by Crippen LogP contribution is -1.88. The fourth-order valence-electron chi connectivity index (χ4n) is 10.3. The molecule has 0 radical (unpaired) electrons. The minimum Gasteiger partial charge on any atom is -0.207 e. The van der Waals surface area contributed by atoms with Crippen molar-refractivity contribution in [1.82, 2.24) is 0 Å². The number of hydrogen-bond donors (Lipinski definition) is 0. The van der Waals surface area contributed by atoms with Crippen molar-refractivity contribution in [3.63, 3.8) is 0 Å². The van der Waals surface area contributed by atoms with E-state index in [1.807, 2.05) is 12.1 Å². The Kier molecular flexibility index (Phi) is 4.78. The first-order chi connectivity index (χ1) is 25.7. The monoisotopic (exact) mass is 662 g/mol. The van der Waals surface area contributed by atoms with E-state index in [1.54, 1.807) is 24.3 Å². The predicted octanol–water partition coefficient (Wildman–Crippen LogP) is 14.4. The zero-order valence-corrected chi connectivity index (χ0v) is 27.6. The minimum absolute atomic E-state index is 0.215. The molecule has 52 heavy (non-hydrogen) atoms. The molecule has 0 N–H and O–H groups in total. The molecule has 11 aromatic rings. The van der Waals surface area contributed by atoms with Crippen molar-refractivity contribution < 1.29 is 8.78 Å². The molecule has 0 aromatic heterocycles. The second kappa shape index (κ2) is 9.17. The van der Waals surface area contributed by atoms with E-state index < -0.39 is 0 Å². The average Bonchev–Trinajstić information content (AvgIpc) is 3.89. The van der Waals surface area contributed by atoms with E-state index in [0.29, 0.717) is 0 Å². The average molecular weight is 663 g/mol. The van der Waals surface area contributed by atoms with Crippen LogP contribution in [-0.2, 0) is 0 Å². The molecule has 0 atom stereocenters. The molecule has 2 heteroatoms. The van der Waals surface area contributed by atoms with Gasteiger partial charge in [0, 0.05) is 0 Å². The van der Waals surface area contributed by atoms with Gasteiger partial charge in [0.2, 0.25) is 0 Å². The van der Waals surface area contributed by atoms with Gasteiger partial charge < -0.3 is 0 Å². The lowest BCUT2D eigenvalue weighted by Gasteiger charge is -2.15. The van der Waals surface area contributed by atoms with E-state index in [1.165, 1.54) is 86.9 Å². The first-order valence-electron chi connectivity index (χ1n) is 17.8. The molecule has 0 heterocycles. The summed E-state index contributed by atoms with van der Waals surface area (Å²) in [6, 6.07) is 50.2. The third kappa shape index (κ3) is 3.06. The molecular formula is C50H24F2. The Morgan fingerprint density at radius 3 is 0.942 bits per heavy atom. The van der Waals surface area contributed by atoms with Gasteiger partial charge >= 0.3 is 0 Å². The maximum Gasteiger partial charge on any atom is 0.123 e. The van der Waals surface area contributed by atoms with Gasteiger partial charge in [-0.15, -0.1) is 0 Å². The van der Waals surface area contributed by atoms with Gasteiger partial charge in [-0.25, -0.2) is 8.78 Å². The van der Waals surface area contributed by atoms with Crippen LogP contribution in [0.25, 0.3) is 131 Å². The lowest BCUT2D eigenvalue weighted by molar-refractivity contribution is 0.628. The predicted molar refractivity (Wildman–Crippen MR) is 213 cm³/mol. The first kappa shape index (κ1) is 27.1. The van der Waals surface area contributed by atoms with Gasteiger partial charge in [-0.3, -0.25) is 0 Å². The molecule has 2 aliphatic rings. The Hall–Kier alpha value is -6.64. The van der Waals surface area contributed by atoms with Crippen LogP contribution in [0.5, 0.6) is 0 Å². The molecule has 13 rings (SSSR count). The first-order valence-corrected chi connectivity index (χ1v) is 17.8. The van der Waals surface area contributed by atoms with Crippen LogP contribution in [0.1, 0.15) is 0 Å². The highest BCUT2D eigenvalue weighted by molar-refractivity contribution is 6.48. The fourth-order valence-corrected chi connectivity index (χ4v) is 10.3. The van der Waals surface area contributed by atoms with Crippen LogP contribution in [0.15, 0.2) is 146 Å². The van der Waals surface area contributed by atoms with Crippen LogP contribution < -0.4 is 0 Å². The zero-order valence-electron chi connectivity index (χ0n) is 27.6. The highest BCUT2D eigenvalue weighted by Crippen LogP contribution is 2.60. The maximum absolute atomic E-state index is 14.7. The molecule has 2 aliphatic carbocycles. The Morgan fingerprint density at radius 2 is 0.577 bits per heavy atom. The summed E-state index contributed by atoms with van der Waals surface area (Å²) in [6.45, 7) is 0. The van der Waals surface area contributed by atoms with Crippen molar-refractivity contribution in [3.8, 4) is 66.8 Å². The number of halogens is 2.